The van der Waals surface area contributed by atoms with E-state index in [-0.39, 0.29) is 11.6 Å². The first-order valence-corrected chi connectivity index (χ1v) is 8.59. The van der Waals surface area contributed by atoms with E-state index in [0.717, 1.165) is 26.0 Å². The predicted molar refractivity (Wildman–Crippen MR) is 88.4 cm³/mol. The van der Waals surface area contributed by atoms with Crippen LogP contribution in [0.4, 0.5) is 0 Å². The minimum atomic E-state index is -0.101. The van der Waals surface area contributed by atoms with Crippen molar-refractivity contribution in [2.75, 3.05) is 6.61 Å². The molecule has 1 atom stereocenters. The molecule has 24 heavy (non-hydrogen) atoms. The summed E-state index contributed by atoms with van der Waals surface area (Å²) < 4.78 is 7.18. The molecule has 1 aliphatic carbocycles. The molecule has 3 heterocycles. The van der Waals surface area contributed by atoms with Crippen LogP contribution < -0.4 is 0 Å². The predicted octanol–water partition coefficient (Wildman–Crippen LogP) is 3.01. The quantitative estimate of drug-likeness (QED) is 0.495. The molecule has 0 amide bonds. The Morgan fingerprint density at radius 2 is 1.71 bits per heavy atom. The van der Waals surface area contributed by atoms with Gasteiger partial charge in [0, 0.05) is 36.9 Å². The number of fused-ring (bicyclic) bond motifs is 2. The highest BCUT2D eigenvalue weighted by molar-refractivity contribution is 6.28. The number of nitrogens with zero attached hydrogens (tertiary/aromatic N) is 2. The van der Waals surface area contributed by atoms with Crippen LogP contribution >= 0.6 is 0 Å². The van der Waals surface area contributed by atoms with Crippen molar-refractivity contribution in [3.05, 3.63) is 53.1 Å². The van der Waals surface area contributed by atoms with Gasteiger partial charge in [0.2, 0.25) is 0 Å². The molecule has 1 unspecified atom stereocenters. The van der Waals surface area contributed by atoms with Gasteiger partial charge in [-0.25, -0.2) is 0 Å². The Bertz CT molecular complexity index is 737. The van der Waals surface area contributed by atoms with Crippen LogP contribution in [0, 0.1) is 0 Å². The van der Waals surface area contributed by atoms with E-state index in [2.05, 4.69) is 4.98 Å². The third-order valence-corrected chi connectivity index (χ3v) is 4.77. The highest BCUT2D eigenvalue weighted by Gasteiger charge is 2.31. The van der Waals surface area contributed by atoms with E-state index in [0.29, 0.717) is 28.4 Å². The zero-order chi connectivity index (χ0) is 16.5. The van der Waals surface area contributed by atoms with Crippen LogP contribution in [0.5, 0.6) is 0 Å². The number of hydrogen-bond acceptors (Lipinski definition) is 4. The number of pyridine rings is 1. The summed E-state index contributed by atoms with van der Waals surface area (Å²) in [6.07, 6.45) is 13.0. The Kier molecular flexibility index (Phi) is 4.02. The van der Waals surface area contributed by atoms with Crippen LogP contribution in [0.2, 0.25) is 0 Å². The average molecular weight is 324 g/mol. The molecule has 0 bridgehead atoms. The Labute approximate surface area is 140 Å². The first-order chi connectivity index (χ1) is 11.7. The van der Waals surface area contributed by atoms with Crippen molar-refractivity contribution < 1.29 is 14.3 Å². The molecular weight excluding hydrogens is 304 g/mol. The molecule has 5 nitrogen and oxygen atoms in total. The fourth-order valence-corrected chi connectivity index (χ4v) is 3.32. The van der Waals surface area contributed by atoms with Gasteiger partial charge >= 0.3 is 0 Å². The summed E-state index contributed by atoms with van der Waals surface area (Å²) in [5, 5.41) is 0. The fraction of sp³-hybridized carbons (Fsp3) is 0.421. The molecule has 1 aliphatic heterocycles. The summed E-state index contributed by atoms with van der Waals surface area (Å²) in [5.74, 6) is -0.180. The van der Waals surface area contributed by atoms with E-state index >= 15 is 0 Å². The Balaban J connectivity index is 1.39. The van der Waals surface area contributed by atoms with E-state index in [1.165, 1.54) is 25.5 Å². The highest BCUT2D eigenvalue weighted by Crippen LogP contribution is 2.27. The normalized spacial score (nSPS) is 18.4. The maximum absolute atomic E-state index is 12.5. The third kappa shape index (κ3) is 2.91. The topological polar surface area (TPSA) is 64.5 Å². The number of carbonyl (C=O) groups is 2. The van der Waals surface area contributed by atoms with Crippen molar-refractivity contribution in [3.8, 4) is 0 Å². The molecule has 124 valence electrons. The zero-order valence-electron chi connectivity index (χ0n) is 13.5. The summed E-state index contributed by atoms with van der Waals surface area (Å²) in [5.41, 5.74) is 1.90. The number of aryl methyl sites for hydroxylation is 1. The third-order valence-electron chi connectivity index (χ3n) is 4.77. The molecule has 0 saturated carbocycles. The van der Waals surface area contributed by atoms with Crippen LogP contribution in [-0.2, 0) is 11.3 Å². The molecular formula is C19H20N2O3. The van der Waals surface area contributed by atoms with Crippen LogP contribution in [0.15, 0.2) is 30.9 Å². The van der Waals surface area contributed by atoms with Crippen LogP contribution in [0.1, 0.15) is 63.9 Å². The number of ether oxygens (including phenoxy) is 1. The Hall–Kier alpha value is -2.27. The van der Waals surface area contributed by atoms with Gasteiger partial charge in [0.1, 0.15) is 0 Å². The molecule has 1 saturated heterocycles. The lowest BCUT2D eigenvalue weighted by Gasteiger charge is -2.12. The molecule has 5 heteroatoms. The van der Waals surface area contributed by atoms with E-state index in [4.69, 9.17) is 4.74 Å². The van der Waals surface area contributed by atoms with Crippen molar-refractivity contribution in [3.63, 3.8) is 0 Å². The second kappa shape index (κ2) is 6.32. The van der Waals surface area contributed by atoms with E-state index in [9.17, 15) is 9.59 Å². The number of epoxide rings is 1. The van der Waals surface area contributed by atoms with Gasteiger partial charge in [-0.05, 0) is 18.9 Å². The summed E-state index contributed by atoms with van der Waals surface area (Å²) in [6, 6.07) is 1.62. The number of aromatic nitrogens is 2. The summed E-state index contributed by atoms with van der Waals surface area (Å²) in [7, 11) is 0. The summed E-state index contributed by atoms with van der Waals surface area (Å²) in [6.45, 7) is 1.77. The van der Waals surface area contributed by atoms with E-state index in [1.807, 2.05) is 17.0 Å². The monoisotopic (exact) mass is 324 g/mol. The van der Waals surface area contributed by atoms with Gasteiger partial charge in [0.05, 0.1) is 29.4 Å². The first kappa shape index (κ1) is 15.3. The van der Waals surface area contributed by atoms with Crippen LogP contribution in [0.25, 0.3) is 0 Å². The maximum Gasteiger partial charge on any atom is 0.197 e. The van der Waals surface area contributed by atoms with Gasteiger partial charge in [-0.2, -0.15) is 0 Å². The highest BCUT2D eigenvalue weighted by atomic mass is 16.6. The zero-order valence-corrected chi connectivity index (χ0v) is 13.5. The fourth-order valence-electron chi connectivity index (χ4n) is 3.32. The lowest BCUT2D eigenvalue weighted by Crippen LogP contribution is -2.19. The minimum Gasteiger partial charge on any atom is -0.373 e. The Morgan fingerprint density at radius 1 is 1.00 bits per heavy atom. The minimum absolute atomic E-state index is 0.0785. The summed E-state index contributed by atoms with van der Waals surface area (Å²) >= 11 is 0. The van der Waals surface area contributed by atoms with Crippen molar-refractivity contribution in [1.82, 2.24) is 9.55 Å². The number of rotatable bonds is 7. The average Bonchev–Trinajstić information content (AvgIpc) is 3.33. The van der Waals surface area contributed by atoms with Crippen LogP contribution in [0.3, 0.4) is 0 Å². The SMILES string of the molecule is O=C1c2ccncc2C(=O)c2cn(CCCCCCC3CO3)cc21. The molecule has 0 spiro atoms. The van der Waals surface area contributed by atoms with Gasteiger partial charge in [-0.3, -0.25) is 14.6 Å². The number of hydrogen-bond donors (Lipinski definition) is 0. The molecule has 0 aromatic carbocycles. The van der Waals surface area contributed by atoms with Gasteiger partial charge < -0.3 is 9.30 Å². The summed E-state index contributed by atoms with van der Waals surface area (Å²) in [4.78, 5) is 29.0. The first-order valence-electron chi connectivity index (χ1n) is 8.59. The second-order valence-electron chi connectivity index (χ2n) is 6.56. The van der Waals surface area contributed by atoms with Gasteiger partial charge in [-0.15, -0.1) is 0 Å². The van der Waals surface area contributed by atoms with Crippen molar-refractivity contribution in [1.29, 1.82) is 0 Å². The standard InChI is InChI=1S/C19H20N2O3/c22-18-14-6-7-20-9-15(14)19(23)17-11-21(10-16(17)18)8-4-2-1-3-5-13-12-24-13/h6-7,9-11,13H,1-5,8,12H2. The van der Waals surface area contributed by atoms with Crippen LogP contribution in [-0.4, -0.2) is 33.8 Å². The molecule has 0 N–H and O–H groups in total. The van der Waals surface area contributed by atoms with Gasteiger partial charge in [0.15, 0.2) is 11.6 Å². The lowest BCUT2D eigenvalue weighted by molar-refractivity contribution is 0.0979. The largest absolute Gasteiger partial charge is 0.373 e. The molecule has 4 rings (SSSR count). The van der Waals surface area contributed by atoms with E-state index < -0.39 is 0 Å². The number of unbranched alkanes of at least 4 members (excludes halogenated alkanes) is 3. The lowest BCUT2D eigenvalue weighted by atomic mass is 9.88. The maximum atomic E-state index is 12.5. The van der Waals surface area contributed by atoms with Gasteiger partial charge in [0.25, 0.3) is 0 Å². The molecule has 2 aliphatic rings. The smallest absolute Gasteiger partial charge is 0.197 e. The number of ketones is 2. The van der Waals surface area contributed by atoms with Crippen molar-refractivity contribution in [2.24, 2.45) is 0 Å². The second-order valence-corrected chi connectivity index (χ2v) is 6.56. The molecule has 2 aromatic heterocycles. The molecule has 0 radical (unpaired) electrons. The number of carbonyl (C=O) groups excluding carboxylic acids is 2. The van der Waals surface area contributed by atoms with Gasteiger partial charge in [-0.1, -0.05) is 19.3 Å². The van der Waals surface area contributed by atoms with Crippen molar-refractivity contribution >= 4 is 11.6 Å². The van der Waals surface area contributed by atoms with E-state index in [1.54, 1.807) is 12.3 Å². The Morgan fingerprint density at radius 3 is 2.46 bits per heavy atom. The molecule has 2 aromatic rings. The van der Waals surface area contributed by atoms with Crippen molar-refractivity contribution in [2.45, 2.75) is 44.8 Å². The molecule has 1 fully saturated rings.